The molecule has 0 aromatic carbocycles. The molecule has 0 aromatic heterocycles. The van der Waals surface area contributed by atoms with E-state index in [2.05, 4.69) is 10.6 Å². The third kappa shape index (κ3) is 5.90. The third-order valence-corrected chi connectivity index (χ3v) is 3.64. The number of primary amides is 1. The zero-order valence-electron chi connectivity index (χ0n) is 11.6. The Labute approximate surface area is 118 Å². The summed E-state index contributed by atoms with van der Waals surface area (Å²) in [7, 11) is 0. The third-order valence-electron chi connectivity index (χ3n) is 3.64. The molecule has 0 spiro atoms. The van der Waals surface area contributed by atoms with Gasteiger partial charge in [-0.05, 0) is 31.6 Å². The Morgan fingerprint density at radius 2 is 1.90 bits per heavy atom. The summed E-state index contributed by atoms with van der Waals surface area (Å²) < 4.78 is 0. The molecule has 2 unspecified atom stereocenters. The van der Waals surface area contributed by atoms with Crippen LogP contribution in [0.4, 0.5) is 4.79 Å². The molecule has 5 N–H and O–H groups in total. The summed E-state index contributed by atoms with van der Waals surface area (Å²) in [5.41, 5.74) is 5.00. The number of carbonyl (C=O) groups is 3. The highest BCUT2D eigenvalue weighted by Gasteiger charge is 2.32. The minimum absolute atomic E-state index is 0.0214. The number of rotatable bonds is 8. The zero-order chi connectivity index (χ0) is 15.0. The first-order valence-corrected chi connectivity index (χ1v) is 7.03. The molecule has 2 atom stereocenters. The minimum atomic E-state index is -0.777. The van der Waals surface area contributed by atoms with Crippen LogP contribution in [-0.4, -0.2) is 36.1 Å². The van der Waals surface area contributed by atoms with Crippen LogP contribution in [0, 0.1) is 11.8 Å². The average Bonchev–Trinajstić information content (AvgIpc) is 2.84. The van der Waals surface area contributed by atoms with Gasteiger partial charge in [-0.3, -0.25) is 9.59 Å². The van der Waals surface area contributed by atoms with Gasteiger partial charge in [0.1, 0.15) is 0 Å². The first-order chi connectivity index (χ1) is 9.50. The van der Waals surface area contributed by atoms with Crippen molar-refractivity contribution >= 4 is 17.9 Å². The summed E-state index contributed by atoms with van der Waals surface area (Å²) in [6.07, 6.45) is 4.10. The normalized spacial score (nSPS) is 21.4. The molecule has 20 heavy (non-hydrogen) atoms. The number of carbonyl (C=O) groups excluding carboxylic acids is 2. The maximum Gasteiger partial charge on any atom is 0.314 e. The minimum Gasteiger partial charge on any atom is -0.481 e. The van der Waals surface area contributed by atoms with Crippen LogP contribution in [-0.2, 0) is 9.59 Å². The number of amides is 3. The van der Waals surface area contributed by atoms with Gasteiger partial charge < -0.3 is 21.5 Å². The van der Waals surface area contributed by atoms with E-state index < -0.39 is 5.97 Å². The molecular formula is C13H23N3O4. The van der Waals surface area contributed by atoms with Crippen LogP contribution in [0.5, 0.6) is 0 Å². The Hall–Kier alpha value is -1.79. The molecule has 1 aliphatic carbocycles. The molecule has 0 radical (unpaired) electrons. The zero-order valence-corrected chi connectivity index (χ0v) is 11.6. The van der Waals surface area contributed by atoms with Crippen molar-refractivity contribution in [2.75, 3.05) is 13.1 Å². The fraction of sp³-hybridized carbons (Fsp3) is 0.769. The highest BCUT2D eigenvalue weighted by atomic mass is 16.4. The van der Waals surface area contributed by atoms with E-state index >= 15 is 0 Å². The number of nitrogens with two attached hydrogens (primary N) is 1. The Bertz CT molecular complexity index is 360. The Balaban J connectivity index is 2.10. The van der Waals surface area contributed by atoms with Crippen molar-refractivity contribution in [1.29, 1.82) is 0 Å². The van der Waals surface area contributed by atoms with Crippen LogP contribution in [0.15, 0.2) is 0 Å². The monoisotopic (exact) mass is 285 g/mol. The van der Waals surface area contributed by atoms with Crippen LogP contribution in [0.2, 0.25) is 0 Å². The molecule has 114 valence electrons. The van der Waals surface area contributed by atoms with Gasteiger partial charge in [0.15, 0.2) is 0 Å². The standard InChI is InChI=1S/C13H23N3O4/c14-11(17)6-1-2-7-15-13(20)16-8-9-4-3-5-10(9)12(18)19/h9-10H,1-8H2,(H2,14,17)(H,18,19)(H2,15,16,20). The lowest BCUT2D eigenvalue weighted by Crippen LogP contribution is -2.40. The van der Waals surface area contributed by atoms with Crippen molar-refractivity contribution in [1.82, 2.24) is 10.6 Å². The number of carboxylic acids is 1. The molecule has 1 aliphatic rings. The van der Waals surface area contributed by atoms with Crippen molar-refractivity contribution in [3.05, 3.63) is 0 Å². The predicted octanol–water partition coefficient (Wildman–Crippen LogP) is 0.442. The van der Waals surface area contributed by atoms with E-state index in [4.69, 9.17) is 10.8 Å². The number of nitrogens with one attached hydrogen (secondary N) is 2. The molecule has 7 heteroatoms. The topological polar surface area (TPSA) is 122 Å². The van der Waals surface area contributed by atoms with Gasteiger partial charge in [0, 0.05) is 19.5 Å². The summed E-state index contributed by atoms with van der Waals surface area (Å²) in [6, 6.07) is -0.292. The molecule has 0 saturated heterocycles. The maximum absolute atomic E-state index is 11.5. The van der Waals surface area contributed by atoms with Gasteiger partial charge in [0.25, 0.3) is 0 Å². The molecule has 0 aromatic rings. The molecule has 0 aliphatic heterocycles. The molecule has 7 nitrogen and oxygen atoms in total. The molecule has 1 saturated carbocycles. The lowest BCUT2D eigenvalue weighted by Gasteiger charge is -2.16. The number of unbranched alkanes of at least 4 members (excludes halogenated alkanes) is 1. The van der Waals surface area contributed by atoms with E-state index in [9.17, 15) is 14.4 Å². The number of hydrogen-bond acceptors (Lipinski definition) is 3. The smallest absolute Gasteiger partial charge is 0.314 e. The van der Waals surface area contributed by atoms with Gasteiger partial charge in [0.05, 0.1) is 5.92 Å². The maximum atomic E-state index is 11.5. The largest absolute Gasteiger partial charge is 0.481 e. The fourth-order valence-electron chi connectivity index (χ4n) is 2.52. The van der Waals surface area contributed by atoms with E-state index in [1.54, 1.807) is 0 Å². The van der Waals surface area contributed by atoms with Crippen LogP contribution >= 0.6 is 0 Å². The van der Waals surface area contributed by atoms with Crippen LogP contribution in [0.3, 0.4) is 0 Å². The Kier molecular flexibility index (Phi) is 6.83. The second-order valence-corrected chi connectivity index (χ2v) is 5.20. The van der Waals surface area contributed by atoms with Gasteiger partial charge >= 0.3 is 12.0 Å². The highest BCUT2D eigenvalue weighted by molar-refractivity contribution is 5.74. The fourth-order valence-corrected chi connectivity index (χ4v) is 2.52. The van der Waals surface area contributed by atoms with Crippen LogP contribution in [0.1, 0.15) is 38.5 Å². The highest BCUT2D eigenvalue weighted by Crippen LogP contribution is 2.31. The first kappa shape index (κ1) is 16.3. The first-order valence-electron chi connectivity index (χ1n) is 7.03. The van der Waals surface area contributed by atoms with Gasteiger partial charge in [-0.25, -0.2) is 4.79 Å². The molecule has 3 amide bonds. The van der Waals surface area contributed by atoms with Crippen molar-refractivity contribution in [3.63, 3.8) is 0 Å². The van der Waals surface area contributed by atoms with Crippen molar-refractivity contribution in [2.45, 2.75) is 38.5 Å². The molecule has 0 bridgehead atoms. The summed E-state index contributed by atoms with van der Waals surface area (Å²) >= 11 is 0. The number of urea groups is 1. The van der Waals surface area contributed by atoms with E-state index in [-0.39, 0.29) is 23.8 Å². The molecule has 1 fully saturated rings. The average molecular weight is 285 g/mol. The van der Waals surface area contributed by atoms with Gasteiger partial charge in [-0.1, -0.05) is 6.42 Å². The van der Waals surface area contributed by atoms with Crippen LogP contribution in [0.25, 0.3) is 0 Å². The second-order valence-electron chi connectivity index (χ2n) is 5.20. The number of aliphatic carboxylic acids is 1. The lowest BCUT2D eigenvalue weighted by atomic mass is 9.96. The Morgan fingerprint density at radius 3 is 2.55 bits per heavy atom. The van der Waals surface area contributed by atoms with E-state index in [0.717, 1.165) is 12.8 Å². The number of carboxylic acid groups (broad SMARTS) is 1. The van der Waals surface area contributed by atoms with E-state index in [1.165, 1.54) is 0 Å². The summed E-state index contributed by atoms with van der Waals surface area (Å²) in [5.74, 6) is -1.43. The quantitative estimate of drug-likeness (QED) is 0.483. The SMILES string of the molecule is NC(=O)CCCCNC(=O)NCC1CCCC1C(=O)O. The van der Waals surface area contributed by atoms with Crippen molar-refractivity contribution in [2.24, 2.45) is 17.6 Å². The number of hydrogen-bond donors (Lipinski definition) is 4. The van der Waals surface area contributed by atoms with Crippen LogP contribution < -0.4 is 16.4 Å². The van der Waals surface area contributed by atoms with E-state index in [1.807, 2.05) is 0 Å². The predicted molar refractivity (Wildman–Crippen MR) is 72.9 cm³/mol. The van der Waals surface area contributed by atoms with Crippen molar-refractivity contribution in [3.8, 4) is 0 Å². The molecule has 0 heterocycles. The lowest BCUT2D eigenvalue weighted by molar-refractivity contribution is -0.142. The van der Waals surface area contributed by atoms with Gasteiger partial charge in [0.2, 0.25) is 5.91 Å². The Morgan fingerprint density at radius 1 is 1.15 bits per heavy atom. The molecular weight excluding hydrogens is 262 g/mol. The second kappa shape index (κ2) is 8.39. The summed E-state index contributed by atoms with van der Waals surface area (Å²) in [5, 5.41) is 14.4. The van der Waals surface area contributed by atoms with Crippen molar-refractivity contribution < 1.29 is 19.5 Å². The molecule has 1 rings (SSSR count). The summed E-state index contributed by atoms with van der Waals surface area (Å²) in [6.45, 7) is 0.871. The summed E-state index contributed by atoms with van der Waals surface area (Å²) in [4.78, 5) is 33.0. The van der Waals surface area contributed by atoms with Gasteiger partial charge in [-0.15, -0.1) is 0 Å². The van der Waals surface area contributed by atoms with E-state index in [0.29, 0.717) is 38.8 Å². The van der Waals surface area contributed by atoms with Gasteiger partial charge in [-0.2, -0.15) is 0 Å².